The Morgan fingerprint density at radius 3 is 2.67 bits per heavy atom. The molecular weight excluding hydrogens is 485 g/mol. The number of amides is 1. The van der Waals surface area contributed by atoms with E-state index >= 15 is 0 Å². The minimum absolute atomic E-state index is 0.0150. The van der Waals surface area contributed by atoms with Crippen molar-refractivity contribution in [2.24, 2.45) is 17.6 Å². The number of nitrogens with zero attached hydrogens (tertiary/aromatic N) is 4. The lowest BCUT2D eigenvalue weighted by Gasteiger charge is -2.31. The van der Waals surface area contributed by atoms with E-state index in [9.17, 15) is 14.3 Å². The summed E-state index contributed by atoms with van der Waals surface area (Å²) < 4.78 is 16.6. The van der Waals surface area contributed by atoms with Crippen molar-refractivity contribution in [3.8, 4) is 0 Å². The maximum absolute atomic E-state index is 14.6. The first-order valence-electron chi connectivity index (χ1n) is 12.5. The molecule has 1 amide bonds. The van der Waals surface area contributed by atoms with E-state index in [1.165, 1.54) is 6.07 Å². The molecule has 5 N–H and O–H groups in total. The van der Waals surface area contributed by atoms with E-state index < -0.39 is 5.82 Å². The van der Waals surface area contributed by atoms with Gasteiger partial charge >= 0.3 is 0 Å². The number of nitrogens with one attached hydrogen (secondary N) is 2. The van der Waals surface area contributed by atoms with E-state index in [-0.39, 0.29) is 46.6 Å². The molecule has 3 aromatic rings. The molecule has 192 valence electrons. The van der Waals surface area contributed by atoms with Gasteiger partial charge in [-0.25, -0.2) is 14.4 Å². The van der Waals surface area contributed by atoms with Gasteiger partial charge in [-0.3, -0.25) is 9.36 Å². The number of hydrogen-bond acceptors (Lipinski definition) is 7. The van der Waals surface area contributed by atoms with Gasteiger partial charge in [-0.1, -0.05) is 24.6 Å². The molecule has 0 radical (unpaired) electrons. The van der Waals surface area contributed by atoms with E-state index in [4.69, 9.17) is 22.3 Å². The number of fused-ring (bicyclic) bond motifs is 1. The fourth-order valence-electron chi connectivity index (χ4n) is 5.35. The van der Waals surface area contributed by atoms with Gasteiger partial charge in [0, 0.05) is 18.0 Å². The Morgan fingerprint density at radius 2 is 1.97 bits per heavy atom. The molecule has 2 heterocycles. The summed E-state index contributed by atoms with van der Waals surface area (Å²) in [6.07, 6.45) is 6.52. The monoisotopic (exact) mass is 515 g/mol. The van der Waals surface area contributed by atoms with Crippen LogP contribution >= 0.6 is 11.6 Å². The minimum Gasteiger partial charge on any atom is -0.393 e. The van der Waals surface area contributed by atoms with E-state index in [0.29, 0.717) is 55.2 Å². The summed E-state index contributed by atoms with van der Waals surface area (Å²) in [5.41, 5.74) is 6.84. The number of nitrogens with two attached hydrogens (primary N) is 1. The highest BCUT2D eigenvalue weighted by atomic mass is 35.5. The van der Waals surface area contributed by atoms with Gasteiger partial charge in [-0.2, -0.15) is 4.98 Å². The first-order chi connectivity index (χ1) is 17.3. The second-order valence-electron chi connectivity index (χ2n) is 10.0. The molecule has 2 aliphatic rings. The Labute approximate surface area is 213 Å². The van der Waals surface area contributed by atoms with Crippen molar-refractivity contribution in [1.82, 2.24) is 19.5 Å². The molecule has 0 saturated heterocycles. The summed E-state index contributed by atoms with van der Waals surface area (Å²) in [5, 5.41) is 17.0. The molecule has 2 aromatic heterocycles. The Morgan fingerprint density at radius 1 is 1.19 bits per heavy atom. The molecule has 1 aromatic carbocycles. The highest BCUT2D eigenvalue weighted by Crippen LogP contribution is 2.38. The third-order valence-electron chi connectivity index (χ3n) is 7.58. The first-order valence-corrected chi connectivity index (χ1v) is 12.9. The van der Waals surface area contributed by atoms with E-state index in [0.717, 1.165) is 12.8 Å². The molecule has 2 saturated carbocycles. The second-order valence-corrected chi connectivity index (χ2v) is 10.4. The minimum atomic E-state index is -0.489. The molecule has 5 rings (SSSR count). The van der Waals surface area contributed by atoms with Gasteiger partial charge in [-0.05, 0) is 63.0 Å². The Balaban J connectivity index is 1.49. The second kappa shape index (κ2) is 10.2. The van der Waals surface area contributed by atoms with Crippen molar-refractivity contribution < 1.29 is 14.3 Å². The fourth-order valence-corrected chi connectivity index (χ4v) is 5.56. The van der Waals surface area contributed by atoms with Crippen LogP contribution in [0.4, 0.5) is 22.0 Å². The average Bonchev–Trinajstić information content (AvgIpc) is 3.21. The van der Waals surface area contributed by atoms with Crippen LogP contribution in [0, 0.1) is 17.7 Å². The van der Waals surface area contributed by atoms with Gasteiger partial charge in [0.1, 0.15) is 11.3 Å². The van der Waals surface area contributed by atoms with E-state index in [2.05, 4.69) is 27.5 Å². The number of primary amides is 1. The zero-order chi connectivity index (χ0) is 25.4. The molecular formula is C25H31ClFN7O2. The lowest BCUT2D eigenvalue weighted by molar-refractivity contribution is -0.122. The number of hydrogen-bond donors (Lipinski definition) is 4. The Hall–Kier alpha value is -2.98. The quantitative estimate of drug-likeness (QED) is 0.379. The van der Waals surface area contributed by atoms with Crippen LogP contribution in [0.3, 0.4) is 0 Å². The smallest absolute Gasteiger partial charge is 0.224 e. The van der Waals surface area contributed by atoms with Crippen molar-refractivity contribution >= 4 is 46.3 Å². The predicted molar refractivity (Wildman–Crippen MR) is 137 cm³/mol. The lowest BCUT2D eigenvalue weighted by atomic mass is 9.85. The maximum Gasteiger partial charge on any atom is 0.224 e. The molecule has 11 heteroatoms. The van der Waals surface area contributed by atoms with Gasteiger partial charge in [0.25, 0.3) is 0 Å². The standard InChI is InChI=1S/C25H31ClFN7O2/c1-13-5-8-15(11-20(13)35)30-24-29-12-19-23(33-24)34(16-9-6-14(7-10-16)22(28)36)25(31-19)32-21-17(26)3-2-4-18(21)27/h2-4,12-16,20,35H,5-11H2,1H3,(H2,28,36)(H,31,32)(H,29,30,33)/t13-,14-,15-,16-,20-/m1/s1. The summed E-state index contributed by atoms with van der Waals surface area (Å²) >= 11 is 6.28. The van der Waals surface area contributed by atoms with Crippen LogP contribution in [0.25, 0.3) is 11.2 Å². The maximum atomic E-state index is 14.6. The van der Waals surface area contributed by atoms with Crippen LogP contribution in [0.1, 0.15) is 57.9 Å². The number of para-hydroxylation sites is 1. The van der Waals surface area contributed by atoms with Crippen molar-refractivity contribution in [3.63, 3.8) is 0 Å². The predicted octanol–water partition coefficient (Wildman–Crippen LogP) is 4.54. The highest BCUT2D eigenvalue weighted by molar-refractivity contribution is 6.33. The van der Waals surface area contributed by atoms with Crippen molar-refractivity contribution in [1.29, 1.82) is 0 Å². The highest BCUT2D eigenvalue weighted by Gasteiger charge is 2.30. The number of carbonyl (C=O) groups is 1. The van der Waals surface area contributed by atoms with Crippen molar-refractivity contribution in [2.45, 2.75) is 70.1 Å². The zero-order valence-corrected chi connectivity index (χ0v) is 20.9. The first kappa shape index (κ1) is 24.7. The van der Waals surface area contributed by atoms with Gasteiger partial charge in [0.2, 0.25) is 17.8 Å². The lowest BCUT2D eigenvalue weighted by Crippen LogP contribution is -2.35. The molecule has 0 aliphatic heterocycles. The third-order valence-corrected chi connectivity index (χ3v) is 7.90. The molecule has 0 bridgehead atoms. The number of rotatable bonds is 6. The molecule has 36 heavy (non-hydrogen) atoms. The number of anilines is 3. The van der Waals surface area contributed by atoms with Gasteiger partial charge < -0.3 is 21.5 Å². The van der Waals surface area contributed by atoms with Gasteiger partial charge in [0.15, 0.2) is 5.65 Å². The van der Waals surface area contributed by atoms with Crippen molar-refractivity contribution in [3.05, 3.63) is 35.2 Å². The van der Waals surface area contributed by atoms with E-state index in [1.54, 1.807) is 18.3 Å². The van der Waals surface area contributed by atoms with Crippen LogP contribution in [0.15, 0.2) is 24.4 Å². The van der Waals surface area contributed by atoms with Crippen LogP contribution in [0.2, 0.25) is 5.02 Å². The molecule has 0 spiro atoms. The van der Waals surface area contributed by atoms with Crippen molar-refractivity contribution in [2.75, 3.05) is 10.6 Å². The number of imidazole rings is 1. The number of aliphatic hydroxyl groups is 1. The molecule has 3 atom stereocenters. The fraction of sp³-hybridized carbons (Fsp3) is 0.520. The largest absolute Gasteiger partial charge is 0.393 e. The van der Waals surface area contributed by atoms with Crippen LogP contribution < -0.4 is 16.4 Å². The zero-order valence-electron chi connectivity index (χ0n) is 20.1. The number of aromatic nitrogens is 4. The number of benzene rings is 1. The molecule has 0 unspecified atom stereocenters. The summed E-state index contributed by atoms with van der Waals surface area (Å²) in [4.78, 5) is 25.6. The summed E-state index contributed by atoms with van der Waals surface area (Å²) in [5.74, 6) is 0.225. The normalized spacial score (nSPS) is 26.6. The summed E-state index contributed by atoms with van der Waals surface area (Å²) in [6, 6.07) is 4.55. The van der Waals surface area contributed by atoms with Gasteiger partial charge in [-0.15, -0.1) is 0 Å². The van der Waals surface area contributed by atoms with E-state index in [1.807, 2.05) is 4.57 Å². The van der Waals surface area contributed by atoms with Gasteiger partial charge in [0.05, 0.1) is 23.0 Å². The number of carbonyl (C=O) groups excluding carboxylic acids is 1. The molecule has 9 nitrogen and oxygen atoms in total. The third kappa shape index (κ3) is 4.97. The SMILES string of the molecule is C[C@@H]1CC[C@@H](Nc2ncc3nc(Nc4c(F)cccc4Cl)n([C@H]4CC[C@H](C(N)=O)CC4)c3n2)C[C@H]1O. The molecule has 2 aliphatic carbocycles. The Kier molecular flexibility index (Phi) is 6.98. The molecule has 2 fully saturated rings. The average molecular weight is 516 g/mol. The van der Waals surface area contributed by atoms with Crippen LogP contribution in [0.5, 0.6) is 0 Å². The Bertz CT molecular complexity index is 1240. The summed E-state index contributed by atoms with van der Waals surface area (Å²) in [7, 11) is 0. The topological polar surface area (TPSA) is 131 Å². The van der Waals surface area contributed by atoms with Crippen LogP contribution in [-0.2, 0) is 4.79 Å². The number of halogens is 2. The summed E-state index contributed by atoms with van der Waals surface area (Å²) in [6.45, 7) is 2.06. The van der Waals surface area contributed by atoms with Crippen LogP contribution in [-0.4, -0.2) is 42.7 Å². The number of aliphatic hydroxyl groups excluding tert-OH is 1.